The fraction of sp³-hybridized carbons (Fsp3) is 0.889. The molecule has 0 aromatic carbocycles. The van der Waals surface area contributed by atoms with Gasteiger partial charge in [0.1, 0.15) is 0 Å². The fourth-order valence-electron chi connectivity index (χ4n) is 1.52. The zero-order chi connectivity index (χ0) is 9.52. The summed E-state index contributed by atoms with van der Waals surface area (Å²) in [5.74, 6) is 1.19. The molecule has 4 heteroatoms. The van der Waals surface area contributed by atoms with Crippen LogP contribution in [0, 0.1) is 0 Å². The van der Waals surface area contributed by atoms with Crippen molar-refractivity contribution in [1.29, 1.82) is 0 Å². The van der Waals surface area contributed by atoms with E-state index < -0.39 is 0 Å². The van der Waals surface area contributed by atoms with E-state index in [-0.39, 0.29) is 5.91 Å². The Morgan fingerprint density at radius 2 is 2.54 bits per heavy atom. The number of thioether (sulfide) groups is 1. The van der Waals surface area contributed by atoms with Gasteiger partial charge in [0, 0.05) is 24.8 Å². The van der Waals surface area contributed by atoms with Crippen LogP contribution >= 0.6 is 11.8 Å². The maximum absolute atomic E-state index is 11.3. The van der Waals surface area contributed by atoms with Crippen molar-refractivity contribution in [2.45, 2.75) is 25.3 Å². The second kappa shape index (κ2) is 6.27. The van der Waals surface area contributed by atoms with Crippen LogP contribution in [-0.4, -0.2) is 37.0 Å². The zero-order valence-corrected chi connectivity index (χ0v) is 8.95. The summed E-state index contributed by atoms with van der Waals surface area (Å²) in [6, 6.07) is 0.425. The van der Waals surface area contributed by atoms with Gasteiger partial charge in [-0.3, -0.25) is 4.79 Å². The Morgan fingerprint density at radius 1 is 1.69 bits per heavy atom. The molecule has 1 fully saturated rings. The van der Waals surface area contributed by atoms with Crippen molar-refractivity contribution in [2.24, 2.45) is 0 Å². The van der Waals surface area contributed by atoms with Crippen molar-refractivity contribution in [3.63, 3.8) is 0 Å². The molecule has 0 aliphatic carbocycles. The largest absolute Gasteiger partial charge is 0.355 e. The van der Waals surface area contributed by atoms with E-state index in [1.807, 2.05) is 6.26 Å². The topological polar surface area (TPSA) is 41.1 Å². The number of hydrogen-bond acceptors (Lipinski definition) is 3. The summed E-state index contributed by atoms with van der Waals surface area (Å²) in [5, 5.41) is 6.22. The van der Waals surface area contributed by atoms with Crippen molar-refractivity contribution in [2.75, 3.05) is 25.1 Å². The first kappa shape index (κ1) is 10.9. The molecule has 1 rings (SSSR count). The van der Waals surface area contributed by atoms with E-state index >= 15 is 0 Å². The molecule has 1 unspecified atom stereocenters. The van der Waals surface area contributed by atoms with Gasteiger partial charge in [-0.2, -0.15) is 11.8 Å². The first-order chi connectivity index (χ1) is 6.33. The molecule has 1 aliphatic rings. The standard InChI is InChI=1S/C9H18N2OS/c1-13-6-5-11-9(12)7-8-3-2-4-10-8/h8,10H,2-7H2,1H3,(H,11,12). The van der Waals surface area contributed by atoms with Gasteiger partial charge in [0.25, 0.3) is 0 Å². The second-order valence-electron chi connectivity index (χ2n) is 3.34. The molecular weight excluding hydrogens is 184 g/mol. The number of nitrogens with one attached hydrogen (secondary N) is 2. The highest BCUT2D eigenvalue weighted by Crippen LogP contribution is 2.07. The van der Waals surface area contributed by atoms with Crippen LogP contribution in [0.5, 0.6) is 0 Å². The molecule has 0 radical (unpaired) electrons. The first-order valence-corrected chi connectivity index (χ1v) is 6.21. The summed E-state index contributed by atoms with van der Waals surface area (Å²) in [6.45, 7) is 1.87. The minimum absolute atomic E-state index is 0.188. The Kier molecular flexibility index (Phi) is 5.23. The normalized spacial score (nSPS) is 21.8. The lowest BCUT2D eigenvalue weighted by Gasteiger charge is -2.09. The van der Waals surface area contributed by atoms with Crippen molar-refractivity contribution in [3.8, 4) is 0 Å². The molecule has 3 nitrogen and oxygen atoms in total. The van der Waals surface area contributed by atoms with Gasteiger partial charge in [0.2, 0.25) is 5.91 Å². The molecule has 13 heavy (non-hydrogen) atoms. The Bertz CT molecular complexity index is 158. The van der Waals surface area contributed by atoms with Gasteiger partial charge >= 0.3 is 0 Å². The lowest BCUT2D eigenvalue weighted by molar-refractivity contribution is -0.121. The van der Waals surface area contributed by atoms with Gasteiger partial charge in [-0.05, 0) is 25.6 Å². The monoisotopic (exact) mass is 202 g/mol. The van der Waals surface area contributed by atoms with Crippen LogP contribution in [0.1, 0.15) is 19.3 Å². The Labute approximate surface area is 84.0 Å². The van der Waals surface area contributed by atoms with Crippen LogP contribution < -0.4 is 10.6 Å². The number of rotatable bonds is 5. The predicted octanol–water partition coefficient (Wildman–Crippen LogP) is 0.608. The molecule has 1 saturated heterocycles. The quantitative estimate of drug-likeness (QED) is 0.642. The number of carbonyl (C=O) groups excluding carboxylic acids is 1. The van der Waals surface area contributed by atoms with Crippen molar-refractivity contribution >= 4 is 17.7 Å². The third-order valence-corrected chi connectivity index (χ3v) is 2.83. The van der Waals surface area contributed by atoms with Gasteiger partial charge in [-0.25, -0.2) is 0 Å². The maximum atomic E-state index is 11.3. The fourth-order valence-corrected chi connectivity index (χ4v) is 1.83. The van der Waals surface area contributed by atoms with E-state index in [1.54, 1.807) is 11.8 Å². The van der Waals surface area contributed by atoms with Gasteiger partial charge in [0.05, 0.1) is 0 Å². The van der Waals surface area contributed by atoms with Gasteiger partial charge in [-0.15, -0.1) is 0 Å². The highest BCUT2D eigenvalue weighted by molar-refractivity contribution is 7.98. The lowest BCUT2D eigenvalue weighted by Crippen LogP contribution is -2.32. The van der Waals surface area contributed by atoms with Crippen LogP contribution in [0.15, 0.2) is 0 Å². The lowest BCUT2D eigenvalue weighted by atomic mass is 10.1. The molecule has 0 spiro atoms. The molecule has 0 saturated carbocycles. The maximum Gasteiger partial charge on any atom is 0.221 e. The van der Waals surface area contributed by atoms with Gasteiger partial charge in [-0.1, -0.05) is 0 Å². The molecule has 2 N–H and O–H groups in total. The van der Waals surface area contributed by atoms with Crippen LogP contribution in [0.2, 0.25) is 0 Å². The summed E-state index contributed by atoms with van der Waals surface area (Å²) in [5.41, 5.74) is 0. The van der Waals surface area contributed by atoms with Crippen LogP contribution in [0.3, 0.4) is 0 Å². The Hall–Kier alpha value is -0.220. The number of amides is 1. The molecular formula is C9H18N2OS. The highest BCUT2D eigenvalue weighted by atomic mass is 32.2. The van der Waals surface area contributed by atoms with Crippen LogP contribution in [0.4, 0.5) is 0 Å². The average Bonchev–Trinajstić information content (AvgIpc) is 2.57. The molecule has 76 valence electrons. The van der Waals surface area contributed by atoms with E-state index in [9.17, 15) is 4.79 Å². The Morgan fingerprint density at radius 3 is 3.15 bits per heavy atom. The molecule has 0 aromatic heterocycles. The SMILES string of the molecule is CSCCNC(=O)CC1CCCN1. The first-order valence-electron chi connectivity index (χ1n) is 4.82. The molecule has 0 aromatic rings. The molecule has 1 aliphatic heterocycles. The summed E-state index contributed by atoms with van der Waals surface area (Å²) in [7, 11) is 0. The van der Waals surface area contributed by atoms with Crippen molar-refractivity contribution < 1.29 is 4.79 Å². The zero-order valence-electron chi connectivity index (χ0n) is 8.14. The van der Waals surface area contributed by atoms with E-state index in [0.717, 1.165) is 25.3 Å². The average molecular weight is 202 g/mol. The summed E-state index contributed by atoms with van der Waals surface area (Å²) < 4.78 is 0. The number of hydrogen-bond donors (Lipinski definition) is 2. The second-order valence-corrected chi connectivity index (χ2v) is 4.33. The van der Waals surface area contributed by atoms with E-state index in [4.69, 9.17) is 0 Å². The molecule has 1 atom stereocenters. The Balaban J connectivity index is 2.02. The third kappa shape index (κ3) is 4.52. The molecule has 1 amide bonds. The number of carbonyl (C=O) groups is 1. The minimum Gasteiger partial charge on any atom is -0.355 e. The van der Waals surface area contributed by atoms with Gasteiger partial charge in [0.15, 0.2) is 0 Å². The summed E-state index contributed by atoms with van der Waals surface area (Å²) in [4.78, 5) is 11.3. The predicted molar refractivity (Wildman–Crippen MR) is 57.0 cm³/mol. The van der Waals surface area contributed by atoms with Crippen LogP contribution in [0.25, 0.3) is 0 Å². The van der Waals surface area contributed by atoms with E-state index in [1.165, 1.54) is 6.42 Å². The van der Waals surface area contributed by atoms with Crippen LogP contribution in [-0.2, 0) is 4.79 Å². The smallest absolute Gasteiger partial charge is 0.221 e. The minimum atomic E-state index is 0.188. The third-order valence-electron chi connectivity index (χ3n) is 2.22. The van der Waals surface area contributed by atoms with E-state index in [2.05, 4.69) is 10.6 Å². The highest BCUT2D eigenvalue weighted by Gasteiger charge is 2.16. The van der Waals surface area contributed by atoms with E-state index in [0.29, 0.717) is 12.5 Å². The summed E-state index contributed by atoms with van der Waals surface area (Å²) in [6.07, 6.45) is 5.05. The molecule has 1 heterocycles. The van der Waals surface area contributed by atoms with Crippen molar-refractivity contribution in [3.05, 3.63) is 0 Å². The summed E-state index contributed by atoms with van der Waals surface area (Å²) >= 11 is 1.76. The molecule has 0 bridgehead atoms. The van der Waals surface area contributed by atoms with Crippen molar-refractivity contribution in [1.82, 2.24) is 10.6 Å². The van der Waals surface area contributed by atoms with Gasteiger partial charge < -0.3 is 10.6 Å².